The molecule has 1 heterocycles. The average Bonchev–Trinajstić information content (AvgIpc) is 3.76. The third-order valence-electron chi connectivity index (χ3n) is 12.6. The van der Waals surface area contributed by atoms with E-state index in [2.05, 4.69) is 207 Å². The fourth-order valence-electron chi connectivity index (χ4n) is 10.1. The fourth-order valence-corrected chi connectivity index (χ4v) is 10.1. The van der Waals surface area contributed by atoms with Gasteiger partial charge in [0.05, 0.1) is 33.8 Å². The van der Waals surface area contributed by atoms with Gasteiger partial charge in [-0.15, -0.1) is 0 Å². The first kappa shape index (κ1) is 31.2. The largest absolute Gasteiger partial charge is 0.309 e. The third-order valence-corrected chi connectivity index (χ3v) is 12.6. The Balaban J connectivity index is 1.25. The molecule has 2 aliphatic rings. The molecule has 0 saturated carbocycles. The van der Waals surface area contributed by atoms with Crippen molar-refractivity contribution in [1.82, 2.24) is 4.57 Å². The van der Waals surface area contributed by atoms with Gasteiger partial charge in [-0.1, -0.05) is 161 Å². The average molecular weight is 693 g/mol. The minimum atomic E-state index is -0.122. The highest BCUT2D eigenvalue weighted by Gasteiger charge is 2.41. The van der Waals surface area contributed by atoms with Crippen molar-refractivity contribution in [3.63, 3.8) is 0 Å². The van der Waals surface area contributed by atoms with E-state index in [4.69, 9.17) is 0 Å². The molecule has 0 fully saturated rings. The van der Waals surface area contributed by atoms with Crippen molar-refractivity contribution in [1.29, 1.82) is 0 Å². The quantitative estimate of drug-likeness (QED) is 0.178. The van der Waals surface area contributed by atoms with E-state index in [9.17, 15) is 0 Å². The Morgan fingerprint density at radius 2 is 0.759 bits per heavy atom. The lowest BCUT2D eigenvalue weighted by atomic mass is 9.82. The van der Waals surface area contributed by atoms with Crippen LogP contribution in [0.5, 0.6) is 0 Å². The number of anilines is 3. The van der Waals surface area contributed by atoms with Crippen LogP contribution in [0, 0.1) is 0 Å². The molecule has 0 bridgehead atoms. The Hall–Kier alpha value is -6.38. The van der Waals surface area contributed by atoms with Crippen LogP contribution in [0.15, 0.2) is 170 Å². The van der Waals surface area contributed by atoms with Crippen LogP contribution in [-0.4, -0.2) is 4.57 Å². The normalized spacial score (nSPS) is 14.6. The maximum atomic E-state index is 2.59. The second kappa shape index (κ2) is 11.1. The zero-order valence-corrected chi connectivity index (χ0v) is 31.1. The zero-order chi connectivity index (χ0) is 36.3. The number of hydrogen-bond donors (Lipinski definition) is 0. The van der Waals surface area contributed by atoms with E-state index in [0.29, 0.717) is 0 Å². The number of rotatable bonds is 4. The van der Waals surface area contributed by atoms with E-state index in [0.717, 1.165) is 0 Å². The molecule has 1 aromatic heterocycles. The summed E-state index contributed by atoms with van der Waals surface area (Å²) in [6.45, 7) is 9.50. The Labute approximate surface area is 316 Å². The van der Waals surface area contributed by atoms with Gasteiger partial charge in [-0.25, -0.2) is 0 Å². The van der Waals surface area contributed by atoms with Crippen molar-refractivity contribution in [3.8, 4) is 27.9 Å². The summed E-state index contributed by atoms with van der Waals surface area (Å²) in [5, 5.41) is 4.96. The van der Waals surface area contributed by atoms with Crippen molar-refractivity contribution < 1.29 is 0 Å². The fraction of sp³-hybridized carbons (Fsp3) is 0.115. The van der Waals surface area contributed by atoms with Gasteiger partial charge in [0, 0.05) is 43.5 Å². The van der Waals surface area contributed by atoms with Gasteiger partial charge in [0.15, 0.2) is 0 Å². The smallest absolute Gasteiger partial charge is 0.0543 e. The lowest BCUT2D eigenvalue weighted by molar-refractivity contribution is 0.660. The van der Waals surface area contributed by atoms with Gasteiger partial charge in [0.1, 0.15) is 0 Å². The third kappa shape index (κ3) is 4.06. The van der Waals surface area contributed by atoms with E-state index in [-0.39, 0.29) is 10.8 Å². The summed E-state index contributed by atoms with van der Waals surface area (Å²) in [6.07, 6.45) is 0. The zero-order valence-electron chi connectivity index (χ0n) is 31.1. The molecule has 2 nitrogen and oxygen atoms in total. The highest BCUT2D eigenvalue weighted by atomic mass is 15.2. The SMILES string of the molecule is CC1(C)c2ccccc2-c2c(N(c3cccc4c3-c3ccccc3C4(C)C)c3cccc4c(-n5c6ccccc6c6ccccc65)cccc34)cccc21. The van der Waals surface area contributed by atoms with Crippen LogP contribution in [0.2, 0.25) is 0 Å². The molecular weight excluding hydrogens is 653 g/mol. The summed E-state index contributed by atoms with van der Waals surface area (Å²) in [5.74, 6) is 0. The highest BCUT2D eigenvalue weighted by Crippen LogP contribution is 2.58. The number of para-hydroxylation sites is 2. The standard InChI is InChI=1S/C52H40N2/c1-51(2)39-23-9-5-19-37(39)49-41(51)25-15-31-47(49)54(48-32-16-26-42-50(48)38-20-6-10-24-40(38)52(42,3)4)46-30-14-21-35-36(46)22-13-29-45(35)53-43-27-11-7-17-33(43)34-18-8-12-28-44(34)53/h5-32H,1-4H3. The summed E-state index contributed by atoms with van der Waals surface area (Å²) in [5.41, 5.74) is 17.7. The summed E-state index contributed by atoms with van der Waals surface area (Å²) in [4.78, 5) is 2.59. The van der Waals surface area contributed by atoms with Gasteiger partial charge in [-0.2, -0.15) is 0 Å². The molecule has 0 radical (unpaired) electrons. The number of benzene rings is 8. The molecular formula is C52H40N2. The molecule has 0 N–H and O–H groups in total. The van der Waals surface area contributed by atoms with E-state index in [1.54, 1.807) is 0 Å². The predicted molar refractivity (Wildman–Crippen MR) is 228 cm³/mol. The van der Waals surface area contributed by atoms with E-state index < -0.39 is 0 Å². The highest BCUT2D eigenvalue weighted by molar-refractivity contribution is 6.12. The second-order valence-electron chi connectivity index (χ2n) is 16.1. The topological polar surface area (TPSA) is 8.17 Å². The summed E-state index contributed by atoms with van der Waals surface area (Å²) in [6, 6.07) is 63.3. The first-order chi connectivity index (χ1) is 26.4. The van der Waals surface area contributed by atoms with Crippen LogP contribution < -0.4 is 4.90 Å². The van der Waals surface area contributed by atoms with E-state index in [1.807, 2.05) is 0 Å². The molecule has 8 aromatic carbocycles. The molecule has 11 rings (SSSR count). The first-order valence-electron chi connectivity index (χ1n) is 19.1. The number of nitrogens with zero attached hydrogens (tertiary/aromatic N) is 2. The molecule has 2 aliphatic carbocycles. The molecule has 0 saturated heterocycles. The molecule has 0 atom stereocenters. The van der Waals surface area contributed by atoms with Gasteiger partial charge in [0.25, 0.3) is 0 Å². The Morgan fingerprint density at radius 1 is 0.352 bits per heavy atom. The van der Waals surface area contributed by atoms with Crippen LogP contribution in [0.3, 0.4) is 0 Å². The molecule has 0 amide bonds. The van der Waals surface area contributed by atoms with Crippen molar-refractivity contribution >= 4 is 49.6 Å². The van der Waals surface area contributed by atoms with Crippen LogP contribution in [0.4, 0.5) is 17.1 Å². The van der Waals surface area contributed by atoms with E-state index >= 15 is 0 Å². The van der Waals surface area contributed by atoms with Gasteiger partial charge in [0.2, 0.25) is 0 Å². The van der Waals surface area contributed by atoms with E-state index in [1.165, 1.54) is 99.8 Å². The Morgan fingerprint density at radius 3 is 1.33 bits per heavy atom. The molecule has 54 heavy (non-hydrogen) atoms. The Bertz CT molecular complexity index is 2850. The number of fused-ring (bicyclic) bond motifs is 10. The number of aromatic nitrogens is 1. The van der Waals surface area contributed by atoms with Crippen LogP contribution >= 0.6 is 0 Å². The summed E-state index contributed by atoms with van der Waals surface area (Å²) >= 11 is 0. The molecule has 9 aromatic rings. The molecule has 0 spiro atoms. The summed E-state index contributed by atoms with van der Waals surface area (Å²) in [7, 11) is 0. The van der Waals surface area contributed by atoms with Crippen LogP contribution in [0.25, 0.3) is 60.5 Å². The first-order valence-corrected chi connectivity index (χ1v) is 19.1. The maximum Gasteiger partial charge on any atom is 0.0543 e. The van der Waals surface area contributed by atoms with Gasteiger partial charge in [-0.05, 0) is 69.8 Å². The van der Waals surface area contributed by atoms with Crippen molar-refractivity contribution in [2.24, 2.45) is 0 Å². The molecule has 2 heteroatoms. The van der Waals surface area contributed by atoms with Crippen LogP contribution in [0.1, 0.15) is 49.9 Å². The van der Waals surface area contributed by atoms with Crippen molar-refractivity contribution in [3.05, 3.63) is 192 Å². The maximum absolute atomic E-state index is 2.59. The van der Waals surface area contributed by atoms with Gasteiger partial charge in [-0.3, -0.25) is 0 Å². The molecule has 0 aliphatic heterocycles. The predicted octanol–water partition coefficient (Wildman–Crippen LogP) is 14.0. The lowest BCUT2D eigenvalue weighted by Crippen LogP contribution is -2.17. The molecule has 258 valence electrons. The van der Waals surface area contributed by atoms with Crippen LogP contribution in [-0.2, 0) is 10.8 Å². The number of hydrogen-bond acceptors (Lipinski definition) is 1. The van der Waals surface area contributed by atoms with Gasteiger partial charge >= 0.3 is 0 Å². The Kier molecular flexibility index (Phi) is 6.39. The van der Waals surface area contributed by atoms with Crippen molar-refractivity contribution in [2.75, 3.05) is 4.90 Å². The van der Waals surface area contributed by atoms with Gasteiger partial charge < -0.3 is 9.47 Å². The lowest BCUT2D eigenvalue weighted by Gasteiger charge is -2.32. The monoisotopic (exact) mass is 692 g/mol. The minimum absolute atomic E-state index is 0.122. The minimum Gasteiger partial charge on any atom is -0.309 e. The van der Waals surface area contributed by atoms with Crippen molar-refractivity contribution in [2.45, 2.75) is 38.5 Å². The molecule has 0 unspecified atom stereocenters. The second-order valence-corrected chi connectivity index (χ2v) is 16.1. The summed E-state index contributed by atoms with van der Waals surface area (Å²) < 4.78 is 2.46.